The third-order valence-corrected chi connectivity index (χ3v) is 6.52. The maximum atomic E-state index is 13.6. The minimum absolute atomic E-state index is 0.0341. The number of fused-ring (bicyclic) bond motifs is 1. The second kappa shape index (κ2) is 10.2. The maximum absolute atomic E-state index is 13.6. The van der Waals surface area contributed by atoms with E-state index in [0.717, 1.165) is 17.8 Å². The lowest BCUT2D eigenvalue weighted by atomic mass is 9.95. The highest BCUT2D eigenvalue weighted by Crippen LogP contribution is 2.33. The molecule has 0 spiro atoms. The first-order chi connectivity index (χ1) is 15.6. The number of rotatable bonds is 8. The average Bonchev–Trinajstić information content (AvgIpc) is 3.19. The van der Waals surface area contributed by atoms with Crippen LogP contribution in [0.1, 0.15) is 74.6 Å². The third kappa shape index (κ3) is 4.98. The summed E-state index contributed by atoms with van der Waals surface area (Å²) in [6.45, 7) is 5.63. The average molecular weight is 434 g/mol. The van der Waals surface area contributed by atoms with E-state index in [2.05, 4.69) is 36.6 Å². The highest BCUT2D eigenvalue weighted by Gasteiger charge is 2.25. The van der Waals surface area contributed by atoms with Gasteiger partial charge >= 0.3 is 0 Å². The Hall–Kier alpha value is -2.82. The lowest BCUT2D eigenvalue weighted by Gasteiger charge is -2.28. The first-order valence-corrected chi connectivity index (χ1v) is 12.0. The van der Waals surface area contributed by atoms with Crippen LogP contribution in [0, 0.1) is 5.92 Å². The van der Waals surface area contributed by atoms with E-state index in [-0.39, 0.29) is 5.91 Å². The molecule has 2 aromatic carbocycles. The molecule has 32 heavy (non-hydrogen) atoms. The minimum Gasteiger partial charge on any atom is -0.497 e. The Labute approximate surface area is 191 Å². The van der Waals surface area contributed by atoms with E-state index in [4.69, 9.17) is 9.72 Å². The molecule has 1 saturated carbocycles. The lowest BCUT2D eigenvalue weighted by Crippen LogP contribution is -2.33. The standard InChI is InChI=1S/C27H35N3O2/c1-20(2)16-17-29(27(31)21-10-9-13-23(18-21)32-3)19-26-28-24-14-7-8-15-25(24)30(26)22-11-5-4-6-12-22/h7-10,13-15,18,20,22H,4-6,11-12,16-17,19H2,1-3H3. The summed E-state index contributed by atoms with van der Waals surface area (Å²) in [7, 11) is 1.63. The predicted molar refractivity (Wildman–Crippen MR) is 129 cm³/mol. The molecule has 1 aliphatic carbocycles. The molecule has 1 heterocycles. The Morgan fingerprint density at radius 2 is 1.91 bits per heavy atom. The topological polar surface area (TPSA) is 47.4 Å². The minimum atomic E-state index is 0.0341. The number of carbonyl (C=O) groups excluding carboxylic acids is 1. The van der Waals surface area contributed by atoms with Gasteiger partial charge in [0.15, 0.2) is 0 Å². The van der Waals surface area contributed by atoms with Gasteiger partial charge < -0.3 is 14.2 Å². The van der Waals surface area contributed by atoms with E-state index >= 15 is 0 Å². The zero-order chi connectivity index (χ0) is 22.5. The number of aromatic nitrogens is 2. The number of amides is 1. The number of methoxy groups -OCH3 is 1. The van der Waals surface area contributed by atoms with Gasteiger partial charge in [-0.1, -0.05) is 51.3 Å². The summed E-state index contributed by atoms with van der Waals surface area (Å²) in [4.78, 5) is 20.5. The molecule has 1 fully saturated rings. The molecule has 5 heteroatoms. The van der Waals surface area contributed by atoms with E-state index in [9.17, 15) is 4.79 Å². The monoisotopic (exact) mass is 433 g/mol. The molecule has 0 unspecified atom stereocenters. The number of hydrogen-bond acceptors (Lipinski definition) is 3. The van der Waals surface area contributed by atoms with Crippen molar-refractivity contribution < 1.29 is 9.53 Å². The summed E-state index contributed by atoms with van der Waals surface area (Å²) >= 11 is 0. The molecule has 170 valence electrons. The first-order valence-electron chi connectivity index (χ1n) is 12.0. The van der Waals surface area contributed by atoms with E-state index in [1.165, 1.54) is 37.6 Å². The molecular weight excluding hydrogens is 398 g/mol. The Morgan fingerprint density at radius 1 is 1.12 bits per heavy atom. The van der Waals surface area contributed by atoms with Gasteiger partial charge in [-0.3, -0.25) is 4.79 Å². The number of imidazole rings is 1. The van der Waals surface area contributed by atoms with Crippen LogP contribution in [0.15, 0.2) is 48.5 Å². The fraction of sp³-hybridized carbons (Fsp3) is 0.481. The Balaban J connectivity index is 1.69. The summed E-state index contributed by atoms with van der Waals surface area (Å²) < 4.78 is 7.78. The normalized spacial score (nSPS) is 14.8. The number of benzene rings is 2. The number of hydrogen-bond donors (Lipinski definition) is 0. The van der Waals surface area contributed by atoms with Crippen LogP contribution in [0.25, 0.3) is 11.0 Å². The summed E-state index contributed by atoms with van der Waals surface area (Å²) in [6.07, 6.45) is 7.16. The van der Waals surface area contributed by atoms with Gasteiger partial charge in [0.25, 0.3) is 5.91 Å². The van der Waals surface area contributed by atoms with Crippen LogP contribution in [0.4, 0.5) is 0 Å². The Bertz CT molecular complexity index is 1050. The molecule has 0 radical (unpaired) electrons. The van der Waals surface area contributed by atoms with Gasteiger partial charge in [-0.05, 0) is 55.5 Å². The molecule has 4 rings (SSSR count). The van der Waals surface area contributed by atoms with Crippen molar-refractivity contribution in [2.75, 3.05) is 13.7 Å². The van der Waals surface area contributed by atoms with Crippen LogP contribution in [-0.4, -0.2) is 34.0 Å². The molecule has 0 bridgehead atoms. The molecular formula is C27H35N3O2. The lowest BCUT2D eigenvalue weighted by molar-refractivity contribution is 0.0727. The second-order valence-electron chi connectivity index (χ2n) is 9.32. The van der Waals surface area contributed by atoms with Crippen molar-refractivity contribution in [3.63, 3.8) is 0 Å². The number of ether oxygens (including phenoxy) is 1. The maximum Gasteiger partial charge on any atom is 0.254 e. The fourth-order valence-corrected chi connectivity index (χ4v) is 4.73. The summed E-state index contributed by atoms with van der Waals surface area (Å²) in [5, 5.41) is 0. The predicted octanol–water partition coefficient (Wildman–Crippen LogP) is 6.24. The van der Waals surface area contributed by atoms with E-state index < -0.39 is 0 Å². The van der Waals surface area contributed by atoms with Crippen LogP contribution in [0.3, 0.4) is 0 Å². The van der Waals surface area contributed by atoms with Gasteiger partial charge in [0, 0.05) is 18.2 Å². The summed E-state index contributed by atoms with van der Waals surface area (Å²) in [5.41, 5.74) is 2.87. The van der Waals surface area contributed by atoms with Crippen LogP contribution < -0.4 is 4.74 Å². The molecule has 5 nitrogen and oxygen atoms in total. The smallest absolute Gasteiger partial charge is 0.254 e. The van der Waals surface area contributed by atoms with Crippen molar-refractivity contribution in [3.8, 4) is 5.75 Å². The quantitative estimate of drug-likeness (QED) is 0.422. The molecule has 0 N–H and O–H groups in total. The number of para-hydroxylation sites is 2. The van der Waals surface area contributed by atoms with E-state index in [1.54, 1.807) is 7.11 Å². The second-order valence-corrected chi connectivity index (χ2v) is 9.32. The SMILES string of the molecule is COc1cccc(C(=O)N(CCC(C)C)Cc2nc3ccccc3n2C2CCCCC2)c1. The molecule has 0 aliphatic heterocycles. The van der Waals surface area contributed by atoms with Crippen molar-refractivity contribution in [1.29, 1.82) is 0 Å². The van der Waals surface area contributed by atoms with Crippen LogP contribution in [0.5, 0.6) is 5.75 Å². The van der Waals surface area contributed by atoms with Crippen molar-refractivity contribution in [2.24, 2.45) is 5.92 Å². The van der Waals surface area contributed by atoms with Gasteiger partial charge in [-0.15, -0.1) is 0 Å². The highest BCUT2D eigenvalue weighted by molar-refractivity contribution is 5.94. The van der Waals surface area contributed by atoms with Gasteiger partial charge in [0.05, 0.1) is 24.7 Å². The van der Waals surface area contributed by atoms with Gasteiger partial charge in [0.2, 0.25) is 0 Å². The number of nitrogens with zero attached hydrogens (tertiary/aromatic N) is 3. The summed E-state index contributed by atoms with van der Waals surface area (Å²) in [5.74, 6) is 2.26. The Morgan fingerprint density at radius 3 is 2.66 bits per heavy atom. The Kier molecular flexibility index (Phi) is 7.13. The third-order valence-electron chi connectivity index (χ3n) is 6.52. The molecule has 1 aliphatic rings. The van der Waals surface area contributed by atoms with Gasteiger partial charge in [0.1, 0.15) is 11.6 Å². The van der Waals surface area contributed by atoms with E-state index in [1.807, 2.05) is 35.2 Å². The van der Waals surface area contributed by atoms with Crippen LogP contribution in [-0.2, 0) is 6.54 Å². The fourth-order valence-electron chi connectivity index (χ4n) is 4.73. The first kappa shape index (κ1) is 22.4. The molecule has 1 amide bonds. The number of carbonyl (C=O) groups is 1. The van der Waals surface area contributed by atoms with Crippen molar-refractivity contribution in [2.45, 2.75) is 65.0 Å². The molecule has 1 aromatic heterocycles. The van der Waals surface area contributed by atoms with Crippen molar-refractivity contribution in [3.05, 3.63) is 59.9 Å². The molecule has 0 atom stereocenters. The van der Waals surface area contributed by atoms with Gasteiger partial charge in [-0.25, -0.2) is 4.98 Å². The summed E-state index contributed by atoms with van der Waals surface area (Å²) in [6, 6.07) is 16.3. The van der Waals surface area contributed by atoms with Crippen molar-refractivity contribution in [1.82, 2.24) is 14.5 Å². The molecule has 3 aromatic rings. The van der Waals surface area contributed by atoms with E-state index in [0.29, 0.717) is 36.4 Å². The largest absolute Gasteiger partial charge is 0.497 e. The zero-order valence-corrected chi connectivity index (χ0v) is 19.6. The van der Waals surface area contributed by atoms with Crippen molar-refractivity contribution >= 4 is 16.9 Å². The van der Waals surface area contributed by atoms with Crippen LogP contribution in [0.2, 0.25) is 0 Å². The highest BCUT2D eigenvalue weighted by atomic mass is 16.5. The van der Waals surface area contributed by atoms with Crippen LogP contribution >= 0.6 is 0 Å². The van der Waals surface area contributed by atoms with Gasteiger partial charge in [-0.2, -0.15) is 0 Å². The molecule has 0 saturated heterocycles. The zero-order valence-electron chi connectivity index (χ0n) is 19.6.